The second kappa shape index (κ2) is 15.6. The van der Waals surface area contributed by atoms with Crippen LogP contribution in [0.5, 0.6) is 11.5 Å². The molecule has 5 rings (SSSR count). The number of carboxylic acids is 1. The van der Waals surface area contributed by atoms with Gasteiger partial charge in [-0.2, -0.15) is 0 Å². The molecular weight excluding hydrogens is 594 g/mol. The lowest BCUT2D eigenvalue weighted by atomic mass is 9.84. The van der Waals surface area contributed by atoms with Gasteiger partial charge >= 0.3 is 11.9 Å². The molecule has 3 aromatic carbocycles. The molecule has 1 fully saturated rings. The lowest BCUT2D eigenvalue weighted by Gasteiger charge is -2.28. The van der Waals surface area contributed by atoms with Gasteiger partial charge in [-0.3, -0.25) is 14.4 Å². The lowest BCUT2D eigenvalue weighted by molar-refractivity contribution is -0.156. The number of ether oxygens (including phenoxy) is 3. The average Bonchev–Trinajstić information content (AvgIpc) is 3.05. The second-order valence-electron chi connectivity index (χ2n) is 13.8. The predicted molar refractivity (Wildman–Crippen MR) is 181 cm³/mol. The number of anilines is 1. The third-order valence-corrected chi connectivity index (χ3v) is 9.03. The summed E-state index contributed by atoms with van der Waals surface area (Å²) in [5, 5.41) is 12.2. The van der Waals surface area contributed by atoms with Crippen molar-refractivity contribution in [2.24, 2.45) is 0 Å². The van der Waals surface area contributed by atoms with Crippen LogP contribution in [0.2, 0.25) is 0 Å². The van der Waals surface area contributed by atoms with Crippen LogP contribution in [-0.2, 0) is 35.7 Å². The van der Waals surface area contributed by atoms with E-state index in [2.05, 4.69) is 38.2 Å². The molecule has 2 N–H and O–H groups in total. The van der Waals surface area contributed by atoms with E-state index in [1.54, 1.807) is 0 Å². The molecule has 2 aliphatic rings. The van der Waals surface area contributed by atoms with Crippen LogP contribution in [0.15, 0.2) is 66.7 Å². The number of hydrogen-bond donors (Lipinski definition) is 2. The first-order chi connectivity index (χ1) is 22.6. The molecule has 1 unspecified atom stereocenters. The number of esters is 1. The highest BCUT2D eigenvalue weighted by molar-refractivity contribution is 5.93. The summed E-state index contributed by atoms with van der Waals surface area (Å²) in [6, 6.07) is 21.9. The first kappa shape index (κ1) is 34.2. The fourth-order valence-corrected chi connectivity index (χ4v) is 6.55. The van der Waals surface area contributed by atoms with E-state index in [1.165, 1.54) is 6.42 Å². The maximum atomic E-state index is 13.8. The summed E-state index contributed by atoms with van der Waals surface area (Å²) in [7, 11) is 0. The molecule has 1 aliphatic heterocycles. The highest BCUT2D eigenvalue weighted by Gasteiger charge is 2.29. The largest absolute Gasteiger partial charge is 0.481 e. The second-order valence-corrected chi connectivity index (χ2v) is 13.8. The fourth-order valence-electron chi connectivity index (χ4n) is 6.55. The van der Waals surface area contributed by atoms with Crippen LogP contribution in [0.1, 0.15) is 107 Å². The molecular formula is C39H47NO7. The smallest absolute Gasteiger partial charge is 0.306 e. The van der Waals surface area contributed by atoms with Crippen LogP contribution in [-0.4, -0.2) is 41.8 Å². The van der Waals surface area contributed by atoms with Crippen LogP contribution in [0.25, 0.3) is 0 Å². The molecule has 0 radical (unpaired) electrons. The zero-order chi connectivity index (χ0) is 33.4. The van der Waals surface area contributed by atoms with Gasteiger partial charge in [-0.15, -0.1) is 0 Å². The van der Waals surface area contributed by atoms with Crippen LogP contribution in [0.3, 0.4) is 0 Å². The van der Waals surface area contributed by atoms with Crippen LogP contribution < -0.4 is 10.1 Å². The first-order valence-corrected chi connectivity index (χ1v) is 16.9. The van der Waals surface area contributed by atoms with Crippen molar-refractivity contribution in [1.29, 1.82) is 0 Å². The molecule has 1 saturated carbocycles. The number of carbonyl (C=O) groups is 3. The summed E-state index contributed by atoms with van der Waals surface area (Å²) in [5.41, 5.74) is 4.56. The maximum absolute atomic E-state index is 13.8. The summed E-state index contributed by atoms with van der Waals surface area (Å²) in [6.45, 7) is 6.65. The number of hydrogen-bond acceptors (Lipinski definition) is 6. The lowest BCUT2D eigenvalue weighted by Crippen LogP contribution is -2.28. The Morgan fingerprint density at radius 1 is 0.915 bits per heavy atom. The number of aliphatic carboxylic acids is 1. The molecule has 3 aromatic rings. The molecule has 0 aromatic heterocycles. The van der Waals surface area contributed by atoms with Crippen molar-refractivity contribution in [1.82, 2.24) is 0 Å². The van der Waals surface area contributed by atoms with Gasteiger partial charge in [-0.25, -0.2) is 0 Å². The summed E-state index contributed by atoms with van der Waals surface area (Å²) in [4.78, 5) is 37.2. The Hall–Kier alpha value is -4.17. The Morgan fingerprint density at radius 3 is 2.21 bits per heavy atom. The van der Waals surface area contributed by atoms with Gasteiger partial charge < -0.3 is 24.6 Å². The number of para-hydroxylation sites is 2. The zero-order valence-corrected chi connectivity index (χ0v) is 27.8. The van der Waals surface area contributed by atoms with E-state index in [-0.39, 0.29) is 49.2 Å². The topological polar surface area (TPSA) is 111 Å². The number of carbonyl (C=O) groups excluding carboxylic acids is 2. The molecule has 8 nitrogen and oxygen atoms in total. The molecule has 8 heteroatoms. The Labute approximate surface area is 277 Å². The molecule has 1 heterocycles. The normalized spacial score (nSPS) is 15.6. The van der Waals surface area contributed by atoms with Crippen molar-refractivity contribution in [3.05, 3.63) is 89.0 Å². The monoisotopic (exact) mass is 641 g/mol. The molecule has 47 heavy (non-hydrogen) atoms. The quantitative estimate of drug-likeness (QED) is 0.181. The van der Waals surface area contributed by atoms with E-state index in [4.69, 9.17) is 19.3 Å². The molecule has 1 aliphatic carbocycles. The number of rotatable bonds is 13. The predicted octanol–water partition coefficient (Wildman–Crippen LogP) is 8.31. The average molecular weight is 642 g/mol. The van der Waals surface area contributed by atoms with Gasteiger partial charge in [0.15, 0.2) is 0 Å². The molecule has 1 amide bonds. The maximum Gasteiger partial charge on any atom is 0.306 e. The van der Waals surface area contributed by atoms with E-state index < -0.39 is 18.0 Å². The van der Waals surface area contributed by atoms with Crippen LogP contribution in [0, 0.1) is 0 Å². The zero-order valence-electron chi connectivity index (χ0n) is 27.8. The molecule has 0 saturated heterocycles. The van der Waals surface area contributed by atoms with Gasteiger partial charge in [0.05, 0.1) is 25.6 Å². The van der Waals surface area contributed by atoms with Crippen molar-refractivity contribution in [2.45, 2.75) is 109 Å². The van der Waals surface area contributed by atoms with Crippen LogP contribution in [0.4, 0.5) is 5.69 Å². The van der Waals surface area contributed by atoms with Crippen molar-refractivity contribution < 1.29 is 33.7 Å². The highest BCUT2D eigenvalue weighted by Crippen LogP contribution is 2.45. The SMILES string of the molecule is CC(C)(C)c1ccc(CCC(COC2CCCCC2)OC(=O)CCC(=O)O)cc1NC(=O)CC1c2ccccc2Oc2ccccc21. The number of benzene rings is 3. The summed E-state index contributed by atoms with van der Waals surface area (Å²) < 4.78 is 18.0. The minimum Gasteiger partial charge on any atom is -0.481 e. The van der Waals surface area contributed by atoms with Gasteiger partial charge in [0.25, 0.3) is 0 Å². The van der Waals surface area contributed by atoms with E-state index in [0.717, 1.165) is 65.1 Å². The fraction of sp³-hybridized carbons (Fsp3) is 0.462. The molecule has 0 bridgehead atoms. The third-order valence-electron chi connectivity index (χ3n) is 9.03. The number of carboxylic acid groups (broad SMARTS) is 1. The van der Waals surface area contributed by atoms with E-state index in [9.17, 15) is 14.4 Å². The van der Waals surface area contributed by atoms with Gasteiger partial charge in [0.2, 0.25) is 5.91 Å². The summed E-state index contributed by atoms with van der Waals surface area (Å²) in [6.07, 6.45) is 6.09. The number of fused-ring (bicyclic) bond motifs is 2. The van der Waals surface area contributed by atoms with E-state index >= 15 is 0 Å². The molecule has 1 atom stereocenters. The van der Waals surface area contributed by atoms with Crippen LogP contribution >= 0.6 is 0 Å². The van der Waals surface area contributed by atoms with Crippen molar-refractivity contribution in [3.8, 4) is 11.5 Å². The highest BCUT2D eigenvalue weighted by atomic mass is 16.6. The van der Waals surface area contributed by atoms with Crippen molar-refractivity contribution >= 4 is 23.5 Å². The van der Waals surface area contributed by atoms with Gasteiger partial charge in [-0.1, -0.05) is 88.6 Å². The molecule has 0 spiro atoms. The summed E-state index contributed by atoms with van der Waals surface area (Å²) in [5.74, 6) is -0.250. The van der Waals surface area contributed by atoms with Gasteiger partial charge in [-0.05, 0) is 60.4 Å². The van der Waals surface area contributed by atoms with E-state index in [0.29, 0.717) is 12.8 Å². The first-order valence-electron chi connectivity index (χ1n) is 16.9. The number of nitrogens with one attached hydrogen (secondary N) is 1. The Kier molecular flexibility index (Phi) is 11.4. The summed E-state index contributed by atoms with van der Waals surface area (Å²) >= 11 is 0. The minimum atomic E-state index is -1.03. The number of amides is 1. The Morgan fingerprint density at radius 2 is 1.57 bits per heavy atom. The number of aryl methyl sites for hydroxylation is 1. The van der Waals surface area contributed by atoms with Gasteiger partial charge in [0, 0.05) is 29.2 Å². The van der Waals surface area contributed by atoms with Crippen molar-refractivity contribution in [2.75, 3.05) is 11.9 Å². The molecule has 250 valence electrons. The minimum absolute atomic E-state index is 0.0877. The third kappa shape index (κ3) is 9.44. The Balaban J connectivity index is 1.30. The van der Waals surface area contributed by atoms with Crippen molar-refractivity contribution in [3.63, 3.8) is 0 Å². The van der Waals surface area contributed by atoms with E-state index in [1.807, 2.05) is 54.6 Å². The Bertz CT molecular complexity index is 1510. The standard InChI is InChI=1S/C39H47NO7/c1-39(2,3)32-20-18-26(17-19-28(46-38(44)22-21-37(42)43)25-45-27-11-5-4-6-12-27)23-33(32)40-36(41)24-31-29-13-7-9-15-34(29)47-35-16-10-8-14-30(31)35/h7-10,13-16,18,20,23,27-28,31H,4-6,11-12,17,19,21-22,24-25H2,1-3H3,(H,40,41)(H,42,43). The van der Waals surface area contributed by atoms with Gasteiger partial charge in [0.1, 0.15) is 17.6 Å².